The third-order valence-electron chi connectivity index (χ3n) is 5.88. The molecule has 9 heteroatoms. The van der Waals surface area contributed by atoms with Gasteiger partial charge in [-0.3, -0.25) is 18.7 Å². The molecule has 0 atom stereocenters. The van der Waals surface area contributed by atoms with Crippen LogP contribution in [0.2, 0.25) is 0 Å². The van der Waals surface area contributed by atoms with E-state index in [1.807, 2.05) is 32.3 Å². The Bertz CT molecular complexity index is 1130. The summed E-state index contributed by atoms with van der Waals surface area (Å²) in [5.41, 5.74) is 0.518. The van der Waals surface area contributed by atoms with Crippen molar-refractivity contribution >= 4 is 11.6 Å². The molecule has 29 heavy (non-hydrogen) atoms. The Hall–Kier alpha value is -2.97. The van der Waals surface area contributed by atoms with Crippen LogP contribution >= 0.6 is 0 Å². The molecular formula is C20H25N7O2. The van der Waals surface area contributed by atoms with Crippen LogP contribution in [-0.4, -0.2) is 41.4 Å². The number of fused-ring (bicyclic) bond motifs is 1. The third kappa shape index (κ3) is 3.24. The topological polar surface area (TPSA) is 99.1 Å². The van der Waals surface area contributed by atoms with Gasteiger partial charge in [-0.2, -0.15) is 5.10 Å². The number of nitrogens with zero attached hydrogens (tertiary/aromatic N) is 6. The van der Waals surface area contributed by atoms with Gasteiger partial charge in [0.1, 0.15) is 11.4 Å². The van der Waals surface area contributed by atoms with Crippen molar-refractivity contribution in [3.8, 4) is 0 Å². The van der Waals surface area contributed by atoms with Gasteiger partial charge in [0.2, 0.25) is 11.6 Å². The largest absolute Gasteiger partial charge is 0.354 e. The Morgan fingerprint density at radius 1 is 1.17 bits per heavy atom. The van der Waals surface area contributed by atoms with E-state index in [0.29, 0.717) is 36.4 Å². The Morgan fingerprint density at radius 2 is 1.97 bits per heavy atom. The quantitative estimate of drug-likeness (QED) is 0.652. The number of carbonyl (C=O) groups is 1. The molecule has 2 saturated carbocycles. The molecule has 0 bridgehead atoms. The van der Waals surface area contributed by atoms with Crippen LogP contribution in [0.1, 0.15) is 63.0 Å². The van der Waals surface area contributed by atoms with E-state index in [4.69, 9.17) is 0 Å². The summed E-state index contributed by atoms with van der Waals surface area (Å²) in [6.07, 6.45) is 10.4. The SMILES string of the molecule is CC(C)(C(=O)NCCc1nnc2c(=O)n(C3CC3)ccn12)n1ccc(C2CC2)n1. The fourth-order valence-corrected chi connectivity index (χ4v) is 3.61. The third-order valence-corrected chi connectivity index (χ3v) is 5.88. The molecule has 3 aromatic rings. The minimum atomic E-state index is -0.780. The van der Waals surface area contributed by atoms with E-state index in [1.165, 1.54) is 12.8 Å². The zero-order chi connectivity index (χ0) is 20.2. The van der Waals surface area contributed by atoms with Crippen molar-refractivity contribution in [2.45, 2.75) is 63.5 Å². The van der Waals surface area contributed by atoms with Crippen molar-refractivity contribution < 1.29 is 4.79 Å². The van der Waals surface area contributed by atoms with Crippen molar-refractivity contribution in [3.05, 3.63) is 46.5 Å². The highest BCUT2D eigenvalue weighted by atomic mass is 16.2. The van der Waals surface area contributed by atoms with Gasteiger partial charge in [0.15, 0.2) is 0 Å². The highest BCUT2D eigenvalue weighted by Gasteiger charge is 2.33. The van der Waals surface area contributed by atoms with E-state index < -0.39 is 5.54 Å². The standard InChI is InChI=1S/C20H25N7O2/c1-20(2,27-10-8-15(24-27)13-3-4-13)19(29)21-9-7-16-22-23-17-18(28)25(14-5-6-14)11-12-26(16)17/h8,10-14H,3-7,9H2,1-2H3,(H,21,29). The van der Waals surface area contributed by atoms with Crippen LogP contribution < -0.4 is 10.9 Å². The predicted molar refractivity (Wildman–Crippen MR) is 106 cm³/mol. The van der Waals surface area contributed by atoms with Gasteiger partial charge in [0, 0.05) is 43.5 Å². The summed E-state index contributed by atoms with van der Waals surface area (Å²) in [5.74, 6) is 1.11. The first-order valence-electron chi connectivity index (χ1n) is 10.2. The van der Waals surface area contributed by atoms with Gasteiger partial charge in [0.05, 0.1) is 5.69 Å². The monoisotopic (exact) mass is 395 g/mol. The van der Waals surface area contributed by atoms with Crippen LogP contribution in [0.25, 0.3) is 5.65 Å². The lowest BCUT2D eigenvalue weighted by molar-refractivity contribution is -0.128. The number of amides is 1. The van der Waals surface area contributed by atoms with E-state index >= 15 is 0 Å². The lowest BCUT2D eigenvalue weighted by atomic mass is 10.1. The molecule has 0 saturated heterocycles. The second-order valence-corrected chi connectivity index (χ2v) is 8.58. The minimum Gasteiger partial charge on any atom is -0.354 e. The number of rotatable bonds is 7. The maximum absolute atomic E-state index is 12.8. The summed E-state index contributed by atoms with van der Waals surface area (Å²) in [4.78, 5) is 25.3. The normalized spacial score (nSPS) is 17.0. The zero-order valence-corrected chi connectivity index (χ0v) is 16.7. The lowest BCUT2D eigenvalue weighted by Crippen LogP contribution is -2.45. The van der Waals surface area contributed by atoms with Crippen LogP contribution in [0.3, 0.4) is 0 Å². The number of carbonyl (C=O) groups excluding carboxylic acids is 1. The Morgan fingerprint density at radius 3 is 2.69 bits per heavy atom. The molecule has 1 N–H and O–H groups in total. The highest BCUT2D eigenvalue weighted by molar-refractivity contribution is 5.83. The molecule has 0 aromatic carbocycles. The molecule has 3 heterocycles. The summed E-state index contributed by atoms with van der Waals surface area (Å²) in [5, 5.41) is 15.8. The van der Waals surface area contributed by atoms with Gasteiger partial charge < -0.3 is 9.88 Å². The maximum atomic E-state index is 12.8. The second-order valence-electron chi connectivity index (χ2n) is 8.58. The number of hydrogen-bond acceptors (Lipinski definition) is 5. The van der Waals surface area contributed by atoms with Crippen molar-refractivity contribution in [2.24, 2.45) is 0 Å². The highest BCUT2D eigenvalue weighted by Crippen LogP contribution is 2.39. The first-order chi connectivity index (χ1) is 13.9. The molecule has 9 nitrogen and oxygen atoms in total. The maximum Gasteiger partial charge on any atom is 0.296 e. The van der Waals surface area contributed by atoms with Crippen LogP contribution in [0.5, 0.6) is 0 Å². The molecule has 0 spiro atoms. The molecule has 2 aliphatic rings. The summed E-state index contributed by atoms with van der Waals surface area (Å²) in [6, 6.07) is 2.31. The van der Waals surface area contributed by atoms with Crippen molar-refractivity contribution in [1.82, 2.24) is 34.3 Å². The predicted octanol–water partition coefficient (Wildman–Crippen LogP) is 1.39. The smallest absolute Gasteiger partial charge is 0.296 e. The van der Waals surface area contributed by atoms with Crippen molar-refractivity contribution in [3.63, 3.8) is 0 Å². The van der Waals surface area contributed by atoms with Gasteiger partial charge in [0.25, 0.3) is 5.56 Å². The first-order valence-corrected chi connectivity index (χ1v) is 10.2. The zero-order valence-electron chi connectivity index (χ0n) is 16.7. The number of nitrogens with one attached hydrogen (secondary N) is 1. The molecule has 0 radical (unpaired) electrons. The second kappa shape index (κ2) is 6.53. The van der Waals surface area contributed by atoms with Crippen LogP contribution in [0, 0.1) is 0 Å². The van der Waals surface area contributed by atoms with E-state index in [1.54, 1.807) is 19.8 Å². The molecule has 2 fully saturated rings. The van der Waals surface area contributed by atoms with E-state index in [2.05, 4.69) is 20.6 Å². The van der Waals surface area contributed by atoms with Crippen molar-refractivity contribution in [1.29, 1.82) is 0 Å². The average Bonchev–Trinajstić information content (AvgIpc) is 3.63. The number of aromatic nitrogens is 6. The van der Waals surface area contributed by atoms with Crippen LogP contribution in [0.4, 0.5) is 0 Å². The Balaban J connectivity index is 1.25. The van der Waals surface area contributed by atoms with E-state index in [0.717, 1.165) is 18.5 Å². The summed E-state index contributed by atoms with van der Waals surface area (Å²) in [7, 11) is 0. The summed E-state index contributed by atoms with van der Waals surface area (Å²) in [6.45, 7) is 4.13. The van der Waals surface area contributed by atoms with Gasteiger partial charge in [-0.25, -0.2) is 0 Å². The Labute approximate surface area is 167 Å². The van der Waals surface area contributed by atoms with Gasteiger partial charge in [-0.1, -0.05) is 0 Å². The van der Waals surface area contributed by atoms with Crippen LogP contribution in [0.15, 0.2) is 29.5 Å². The van der Waals surface area contributed by atoms with E-state index in [-0.39, 0.29) is 11.5 Å². The average molecular weight is 395 g/mol. The summed E-state index contributed by atoms with van der Waals surface area (Å²) >= 11 is 0. The van der Waals surface area contributed by atoms with E-state index in [9.17, 15) is 9.59 Å². The summed E-state index contributed by atoms with van der Waals surface area (Å²) < 4.78 is 5.19. The lowest BCUT2D eigenvalue weighted by Gasteiger charge is -2.24. The number of hydrogen-bond donors (Lipinski definition) is 1. The molecule has 1 amide bonds. The van der Waals surface area contributed by atoms with Gasteiger partial charge in [-0.15, -0.1) is 10.2 Å². The molecular weight excluding hydrogens is 370 g/mol. The minimum absolute atomic E-state index is 0.104. The molecule has 152 valence electrons. The molecule has 0 aliphatic heterocycles. The first kappa shape index (κ1) is 18.1. The van der Waals surface area contributed by atoms with Crippen LogP contribution in [-0.2, 0) is 16.8 Å². The molecule has 5 rings (SSSR count). The van der Waals surface area contributed by atoms with Crippen molar-refractivity contribution in [2.75, 3.05) is 6.54 Å². The van der Waals surface area contributed by atoms with Gasteiger partial charge in [-0.05, 0) is 45.6 Å². The molecule has 3 aromatic heterocycles. The Kier molecular flexibility index (Phi) is 4.07. The van der Waals surface area contributed by atoms with Gasteiger partial charge >= 0.3 is 0 Å². The fourth-order valence-electron chi connectivity index (χ4n) is 3.61. The molecule has 0 unspecified atom stereocenters. The fraction of sp³-hybridized carbons (Fsp3) is 0.550. The molecule has 2 aliphatic carbocycles.